The lowest BCUT2D eigenvalue weighted by molar-refractivity contribution is -0.139. The molecule has 0 aliphatic heterocycles. The smallest absolute Gasteiger partial charge is 0.244 e. The first-order chi connectivity index (χ1) is 15.1. The van der Waals surface area contributed by atoms with Crippen LogP contribution in [0.25, 0.3) is 0 Å². The molecule has 0 aromatic heterocycles. The number of para-hydroxylation sites is 1. The number of hydrogen-bond acceptors (Lipinski definition) is 4. The third kappa shape index (κ3) is 7.05. The molecule has 0 aliphatic carbocycles. The molecule has 0 radical (unpaired) electrons. The molecule has 0 heterocycles. The molecular weight excluding hydrogens is 433 g/mol. The SMILES string of the molecule is CCCCNC(=O)[C@@H](C)N(Cc1ccccc1F)C(=O)CN(c1ccccc1)S(C)(=O)=O. The molecule has 1 atom stereocenters. The Hall–Kier alpha value is -2.94. The highest BCUT2D eigenvalue weighted by Crippen LogP contribution is 2.19. The maximum Gasteiger partial charge on any atom is 0.244 e. The fourth-order valence-electron chi connectivity index (χ4n) is 3.14. The summed E-state index contributed by atoms with van der Waals surface area (Å²) in [7, 11) is -3.78. The molecule has 2 aromatic rings. The number of carbonyl (C=O) groups is 2. The van der Waals surface area contributed by atoms with Gasteiger partial charge in [-0.3, -0.25) is 13.9 Å². The number of halogens is 1. The Morgan fingerprint density at radius 2 is 1.69 bits per heavy atom. The van der Waals surface area contributed by atoms with Gasteiger partial charge in [-0.1, -0.05) is 49.7 Å². The first kappa shape index (κ1) is 25.3. The summed E-state index contributed by atoms with van der Waals surface area (Å²) >= 11 is 0. The lowest BCUT2D eigenvalue weighted by atomic mass is 10.1. The van der Waals surface area contributed by atoms with Crippen LogP contribution in [0.1, 0.15) is 32.3 Å². The topological polar surface area (TPSA) is 86.8 Å². The van der Waals surface area contributed by atoms with Crippen LogP contribution in [0.15, 0.2) is 54.6 Å². The van der Waals surface area contributed by atoms with Crippen LogP contribution < -0.4 is 9.62 Å². The van der Waals surface area contributed by atoms with E-state index in [-0.39, 0.29) is 18.0 Å². The van der Waals surface area contributed by atoms with Gasteiger partial charge < -0.3 is 10.2 Å². The van der Waals surface area contributed by atoms with Crippen molar-refractivity contribution in [3.05, 3.63) is 66.0 Å². The normalized spacial score (nSPS) is 12.1. The van der Waals surface area contributed by atoms with Gasteiger partial charge in [-0.2, -0.15) is 0 Å². The molecule has 7 nitrogen and oxygen atoms in total. The van der Waals surface area contributed by atoms with Crippen LogP contribution in [0, 0.1) is 5.82 Å². The van der Waals surface area contributed by atoms with Crippen LogP contribution in [0.5, 0.6) is 0 Å². The molecule has 0 unspecified atom stereocenters. The number of benzene rings is 2. The van der Waals surface area contributed by atoms with Crippen LogP contribution in [0.3, 0.4) is 0 Å². The maximum absolute atomic E-state index is 14.3. The van der Waals surface area contributed by atoms with Gasteiger partial charge in [-0.15, -0.1) is 0 Å². The van der Waals surface area contributed by atoms with E-state index in [0.29, 0.717) is 12.2 Å². The van der Waals surface area contributed by atoms with Gasteiger partial charge in [0.05, 0.1) is 11.9 Å². The van der Waals surface area contributed by atoms with Gasteiger partial charge in [0.1, 0.15) is 18.4 Å². The van der Waals surface area contributed by atoms with Crippen LogP contribution in [0.2, 0.25) is 0 Å². The van der Waals surface area contributed by atoms with E-state index in [9.17, 15) is 22.4 Å². The van der Waals surface area contributed by atoms with Crippen molar-refractivity contribution in [3.8, 4) is 0 Å². The fourth-order valence-corrected chi connectivity index (χ4v) is 3.99. The molecule has 0 bridgehead atoms. The summed E-state index contributed by atoms with van der Waals surface area (Å²) < 4.78 is 40.1. The summed E-state index contributed by atoms with van der Waals surface area (Å²) in [4.78, 5) is 27.2. The van der Waals surface area contributed by atoms with E-state index in [1.807, 2.05) is 6.92 Å². The standard InChI is InChI=1S/C23H30FN3O4S/c1-4-5-15-25-23(29)18(2)26(16-19-11-9-10-14-21(19)24)22(28)17-27(32(3,30)31)20-12-7-6-8-13-20/h6-14,18H,4-5,15-17H2,1-3H3,(H,25,29)/t18-/m1/s1. The number of sulfonamides is 1. The van der Waals surface area contributed by atoms with E-state index in [4.69, 9.17) is 0 Å². The molecule has 0 aliphatic rings. The van der Waals surface area contributed by atoms with Crippen molar-refractivity contribution in [2.75, 3.05) is 23.7 Å². The van der Waals surface area contributed by atoms with E-state index >= 15 is 0 Å². The van der Waals surface area contributed by atoms with Crippen molar-refractivity contribution < 1.29 is 22.4 Å². The average Bonchev–Trinajstić information content (AvgIpc) is 2.76. The number of carbonyl (C=O) groups excluding carboxylic acids is 2. The molecular formula is C23H30FN3O4S. The number of nitrogens with one attached hydrogen (secondary N) is 1. The van der Waals surface area contributed by atoms with Crippen molar-refractivity contribution in [2.45, 2.75) is 39.3 Å². The predicted octanol–water partition coefficient (Wildman–Crippen LogP) is 2.93. The van der Waals surface area contributed by atoms with Crippen LogP contribution in [-0.4, -0.2) is 50.5 Å². The molecule has 32 heavy (non-hydrogen) atoms. The summed E-state index contributed by atoms with van der Waals surface area (Å²) in [5.41, 5.74) is 0.564. The van der Waals surface area contributed by atoms with Crippen molar-refractivity contribution in [1.29, 1.82) is 0 Å². The second kappa shape index (κ2) is 11.6. The molecule has 0 saturated heterocycles. The Kier molecular flexibility index (Phi) is 9.19. The second-order valence-corrected chi connectivity index (χ2v) is 9.45. The highest BCUT2D eigenvalue weighted by molar-refractivity contribution is 7.92. The Balaban J connectivity index is 2.33. The monoisotopic (exact) mass is 463 g/mol. The van der Waals surface area contributed by atoms with Gasteiger partial charge in [0, 0.05) is 18.7 Å². The van der Waals surface area contributed by atoms with Crippen molar-refractivity contribution in [1.82, 2.24) is 10.2 Å². The molecule has 0 fully saturated rings. The van der Waals surface area contributed by atoms with Gasteiger partial charge in [0.15, 0.2) is 0 Å². The third-order valence-electron chi connectivity index (χ3n) is 5.02. The van der Waals surface area contributed by atoms with E-state index in [2.05, 4.69) is 5.32 Å². The van der Waals surface area contributed by atoms with Crippen LogP contribution in [0.4, 0.5) is 10.1 Å². The van der Waals surface area contributed by atoms with Gasteiger partial charge in [-0.05, 0) is 31.5 Å². The first-order valence-corrected chi connectivity index (χ1v) is 12.3. The molecule has 1 N–H and O–H groups in total. The predicted molar refractivity (Wildman–Crippen MR) is 123 cm³/mol. The van der Waals surface area contributed by atoms with E-state index in [1.54, 1.807) is 43.3 Å². The Morgan fingerprint density at radius 3 is 2.28 bits per heavy atom. The lowest BCUT2D eigenvalue weighted by Gasteiger charge is -2.31. The number of nitrogens with zero attached hydrogens (tertiary/aromatic N) is 2. The molecule has 0 spiro atoms. The molecule has 9 heteroatoms. The molecule has 0 saturated carbocycles. The lowest BCUT2D eigenvalue weighted by Crippen LogP contribution is -2.51. The summed E-state index contributed by atoms with van der Waals surface area (Å²) in [6, 6.07) is 13.3. The highest BCUT2D eigenvalue weighted by atomic mass is 32.2. The molecule has 2 amide bonds. The quantitative estimate of drug-likeness (QED) is 0.519. The number of hydrogen-bond donors (Lipinski definition) is 1. The fraction of sp³-hybridized carbons (Fsp3) is 0.391. The van der Waals surface area contributed by atoms with Crippen molar-refractivity contribution >= 4 is 27.5 Å². The van der Waals surface area contributed by atoms with Gasteiger partial charge in [0.25, 0.3) is 0 Å². The largest absolute Gasteiger partial charge is 0.354 e. The number of unbranched alkanes of at least 4 members (excludes halogenated alkanes) is 1. The highest BCUT2D eigenvalue weighted by Gasteiger charge is 2.30. The van der Waals surface area contributed by atoms with Gasteiger partial charge in [0.2, 0.25) is 21.8 Å². The number of rotatable bonds is 11. The van der Waals surface area contributed by atoms with Crippen LogP contribution >= 0.6 is 0 Å². The number of anilines is 1. The molecule has 174 valence electrons. The van der Waals surface area contributed by atoms with Gasteiger partial charge in [-0.25, -0.2) is 12.8 Å². The third-order valence-corrected chi connectivity index (χ3v) is 6.16. The minimum atomic E-state index is -3.78. The average molecular weight is 464 g/mol. The summed E-state index contributed by atoms with van der Waals surface area (Å²) in [6.45, 7) is 3.32. The van der Waals surface area contributed by atoms with Crippen LogP contribution in [-0.2, 0) is 26.2 Å². The Morgan fingerprint density at radius 1 is 1.06 bits per heavy atom. The van der Waals surface area contributed by atoms with Gasteiger partial charge >= 0.3 is 0 Å². The minimum absolute atomic E-state index is 0.166. The Bertz CT molecular complexity index is 1010. The molecule has 2 rings (SSSR count). The summed E-state index contributed by atoms with van der Waals surface area (Å²) in [6.07, 6.45) is 2.69. The minimum Gasteiger partial charge on any atom is -0.354 e. The van der Waals surface area contributed by atoms with Crippen molar-refractivity contribution in [2.24, 2.45) is 0 Å². The van der Waals surface area contributed by atoms with Crippen molar-refractivity contribution in [3.63, 3.8) is 0 Å². The second-order valence-electron chi connectivity index (χ2n) is 7.54. The maximum atomic E-state index is 14.3. The first-order valence-electron chi connectivity index (χ1n) is 10.5. The van der Waals surface area contributed by atoms with E-state index in [1.165, 1.54) is 23.1 Å². The van der Waals surface area contributed by atoms with E-state index in [0.717, 1.165) is 23.4 Å². The summed E-state index contributed by atoms with van der Waals surface area (Å²) in [5.74, 6) is -1.50. The molecule has 2 aromatic carbocycles. The zero-order valence-electron chi connectivity index (χ0n) is 18.6. The Labute approximate surface area is 189 Å². The number of amides is 2. The zero-order chi connectivity index (χ0) is 23.7. The zero-order valence-corrected chi connectivity index (χ0v) is 19.4. The summed E-state index contributed by atoms with van der Waals surface area (Å²) in [5, 5.41) is 2.78. The van der Waals surface area contributed by atoms with E-state index < -0.39 is 34.3 Å².